The molecule has 1 amide bonds. The predicted octanol–water partition coefficient (Wildman–Crippen LogP) is 3.60. The highest BCUT2D eigenvalue weighted by Gasteiger charge is 2.48. The molecule has 9 heteroatoms. The van der Waals surface area contributed by atoms with Crippen LogP contribution in [-0.4, -0.2) is 61.8 Å². The topological polar surface area (TPSA) is 94.5 Å². The van der Waals surface area contributed by atoms with E-state index in [0.717, 1.165) is 49.1 Å². The summed E-state index contributed by atoms with van der Waals surface area (Å²) >= 11 is 0. The Morgan fingerprint density at radius 3 is 2.71 bits per heavy atom. The molecule has 0 atom stereocenters. The molecule has 0 unspecified atom stereocenters. The van der Waals surface area contributed by atoms with Gasteiger partial charge >= 0.3 is 0 Å². The molecule has 2 aliphatic carbocycles. The molecule has 2 fully saturated rings. The number of H-pyrrole nitrogens is 1. The van der Waals surface area contributed by atoms with Gasteiger partial charge in [-0.05, 0) is 50.3 Å². The summed E-state index contributed by atoms with van der Waals surface area (Å²) in [6.07, 6.45) is 13.8. The Kier molecular flexibility index (Phi) is 5.12. The van der Waals surface area contributed by atoms with Crippen LogP contribution in [0.25, 0.3) is 5.52 Å². The van der Waals surface area contributed by atoms with Gasteiger partial charge in [-0.15, -0.1) is 5.10 Å². The highest BCUT2D eigenvalue weighted by Crippen LogP contribution is 2.50. The number of aryl methyl sites for hydroxylation is 1. The second-order valence-corrected chi connectivity index (χ2v) is 9.51. The van der Waals surface area contributed by atoms with Gasteiger partial charge in [-0.2, -0.15) is 10.1 Å². The molecule has 3 aliphatic rings. The van der Waals surface area contributed by atoms with Crippen LogP contribution in [0.3, 0.4) is 0 Å². The Morgan fingerprint density at radius 2 is 2.03 bits per heavy atom. The van der Waals surface area contributed by atoms with Crippen molar-refractivity contribution in [3.05, 3.63) is 53.9 Å². The average Bonchev–Trinajstić information content (AvgIpc) is 3.48. The van der Waals surface area contributed by atoms with Crippen LogP contribution in [0.2, 0.25) is 0 Å². The molecule has 34 heavy (non-hydrogen) atoms. The number of piperazine rings is 1. The summed E-state index contributed by atoms with van der Waals surface area (Å²) < 4.78 is 1.84. The lowest BCUT2D eigenvalue weighted by atomic mass is 9.62. The number of aromatic amines is 1. The minimum Gasteiger partial charge on any atom is -0.338 e. The predicted molar refractivity (Wildman–Crippen MR) is 131 cm³/mol. The number of nitrogens with one attached hydrogen (secondary N) is 2. The molecule has 3 aromatic rings. The minimum atomic E-state index is -0.293. The van der Waals surface area contributed by atoms with E-state index in [1.807, 2.05) is 35.8 Å². The standard InChI is InChI=1S/C25H30N8O/c1-18-17-21(29-28-18)26-22-20-9-5-12-33(20)30-24(27-22)32-15-13-31(14-16-32)23(34)25(10-6-11-25)19-7-3-2-4-8-19/h3,5,7-9,12,17H,2,4,6,10-11,13-16H2,1H3,(H2,26,27,28,29,30). The number of nitrogens with zero attached hydrogens (tertiary/aromatic N) is 6. The molecule has 9 nitrogen and oxygen atoms in total. The summed E-state index contributed by atoms with van der Waals surface area (Å²) in [4.78, 5) is 22.7. The number of aromatic nitrogens is 5. The molecule has 4 heterocycles. The quantitative estimate of drug-likeness (QED) is 0.607. The Hall–Kier alpha value is -3.62. The van der Waals surface area contributed by atoms with Crippen molar-refractivity contribution >= 4 is 29.0 Å². The van der Waals surface area contributed by atoms with E-state index in [1.54, 1.807) is 0 Å². The van der Waals surface area contributed by atoms with Crippen LogP contribution < -0.4 is 10.2 Å². The highest BCUT2D eigenvalue weighted by molar-refractivity contribution is 5.88. The van der Waals surface area contributed by atoms with Gasteiger partial charge in [0.05, 0.1) is 5.41 Å². The number of fused-ring (bicyclic) bond motifs is 1. The van der Waals surface area contributed by atoms with Gasteiger partial charge in [-0.1, -0.05) is 24.6 Å². The number of allylic oxidation sites excluding steroid dienone is 3. The van der Waals surface area contributed by atoms with Gasteiger partial charge in [0.25, 0.3) is 0 Å². The van der Waals surface area contributed by atoms with Crippen LogP contribution in [0.15, 0.2) is 48.2 Å². The number of hydrogen-bond acceptors (Lipinski definition) is 6. The van der Waals surface area contributed by atoms with Gasteiger partial charge in [-0.25, -0.2) is 4.52 Å². The Balaban J connectivity index is 1.19. The third-order valence-electron chi connectivity index (χ3n) is 7.35. The molecule has 176 valence electrons. The number of anilines is 3. The van der Waals surface area contributed by atoms with Crippen molar-refractivity contribution in [2.45, 2.75) is 39.0 Å². The first-order valence-electron chi connectivity index (χ1n) is 12.2. The van der Waals surface area contributed by atoms with Gasteiger partial charge < -0.3 is 15.1 Å². The van der Waals surface area contributed by atoms with Crippen molar-refractivity contribution < 1.29 is 4.79 Å². The Labute approximate surface area is 198 Å². The average molecular weight is 459 g/mol. The van der Waals surface area contributed by atoms with Crippen molar-refractivity contribution in [3.8, 4) is 0 Å². The molecule has 1 aliphatic heterocycles. The second kappa shape index (κ2) is 8.30. The summed E-state index contributed by atoms with van der Waals surface area (Å²) in [7, 11) is 0. The van der Waals surface area contributed by atoms with Gasteiger partial charge in [-0.3, -0.25) is 9.89 Å². The number of carbonyl (C=O) groups is 1. The number of rotatable bonds is 5. The van der Waals surface area contributed by atoms with Gasteiger partial charge in [0.1, 0.15) is 5.52 Å². The van der Waals surface area contributed by atoms with Crippen LogP contribution >= 0.6 is 0 Å². The largest absolute Gasteiger partial charge is 0.338 e. The summed E-state index contributed by atoms with van der Waals surface area (Å²) in [5.74, 6) is 2.39. The zero-order chi connectivity index (χ0) is 23.1. The molecule has 0 bridgehead atoms. The van der Waals surface area contributed by atoms with Crippen LogP contribution in [-0.2, 0) is 4.79 Å². The highest BCUT2D eigenvalue weighted by atomic mass is 16.2. The summed E-state index contributed by atoms with van der Waals surface area (Å²) in [6.45, 7) is 4.76. The lowest BCUT2D eigenvalue weighted by Crippen LogP contribution is -2.55. The third kappa shape index (κ3) is 3.55. The smallest absolute Gasteiger partial charge is 0.245 e. The van der Waals surface area contributed by atoms with E-state index in [-0.39, 0.29) is 5.41 Å². The molecule has 6 rings (SSSR count). The van der Waals surface area contributed by atoms with E-state index in [4.69, 9.17) is 10.1 Å². The first kappa shape index (κ1) is 20.9. The maximum Gasteiger partial charge on any atom is 0.245 e. The Morgan fingerprint density at radius 1 is 1.18 bits per heavy atom. The van der Waals surface area contributed by atoms with E-state index in [9.17, 15) is 4.79 Å². The van der Waals surface area contributed by atoms with Crippen molar-refractivity contribution in [3.63, 3.8) is 0 Å². The van der Waals surface area contributed by atoms with Crippen LogP contribution in [0.4, 0.5) is 17.6 Å². The minimum absolute atomic E-state index is 0.293. The molecule has 3 aromatic heterocycles. The fraction of sp³-hybridized carbons (Fsp3) is 0.440. The zero-order valence-electron chi connectivity index (χ0n) is 19.5. The van der Waals surface area contributed by atoms with E-state index in [1.165, 1.54) is 5.57 Å². The van der Waals surface area contributed by atoms with Gasteiger partial charge in [0.15, 0.2) is 11.6 Å². The first-order chi connectivity index (χ1) is 16.6. The normalized spacial score (nSPS) is 19.7. The van der Waals surface area contributed by atoms with Crippen LogP contribution in [0.5, 0.6) is 0 Å². The van der Waals surface area contributed by atoms with Gasteiger partial charge in [0.2, 0.25) is 11.9 Å². The van der Waals surface area contributed by atoms with E-state index < -0.39 is 0 Å². The molecular formula is C25H30N8O. The Bertz CT molecular complexity index is 1270. The lowest BCUT2D eigenvalue weighted by Gasteiger charge is -2.47. The first-order valence-corrected chi connectivity index (χ1v) is 12.2. The molecular weight excluding hydrogens is 428 g/mol. The van der Waals surface area contributed by atoms with Gasteiger partial charge in [0, 0.05) is 44.1 Å². The lowest BCUT2D eigenvalue weighted by molar-refractivity contribution is -0.144. The maximum absolute atomic E-state index is 13.6. The van der Waals surface area contributed by atoms with E-state index in [2.05, 4.69) is 43.5 Å². The van der Waals surface area contributed by atoms with Crippen LogP contribution in [0, 0.1) is 12.3 Å². The van der Waals surface area contributed by atoms with Crippen molar-refractivity contribution in [2.24, 2.45) is 5.41 Å². The monoisotopic (exact) mass is 458 g/mol. The number of amides is 1. The SMILES string of the molecule is Cc1cc(Nc2nc(N3CCN(C(=O)C4(C5=CCCC=C5)CCC4)CC3)nn3cccc23)n[nH]1. The third-order valence-corrected chi connectivity index (χ3v) is 7.35. The molecule has 2 N–H and O–H groups in total. The summed E-state index contributed by atoms with van der Waals surface area (Å²) in [6, 6.07) is 5.88. The second-order valence-electron chi connectivity index (χ2n) is 9.51. The zero-order valence-corrected chi connectivity index (χ0v) is 19.5. The molecule has 0 spiro atoms. The molecule has 0 radical (unpaired) electrons. The van der Waals surface area contributed by atoms with Crippen molar-refractivity contribution in [2.75, 3.05) is 36.4 Å². The van der Waals surface area contributed by atoms with Crippen molar-refractivity contribution in [1.29, 1.82) is 0 Å². The summed E-state index contributed by atoms with van der Waals surface area (Å²) in [5, 5.41) is 15.3. The number of carbonyl (C=O) groups excluding carboxylic acids is 1. The molecule has 1 saturated heterocycles. The fourth-order valence-electron chi connectivity index (χ4n) is 5.29. The van der Waals surface area contributed by atoms with E-state index in [0.29, 0.717) is 43.9 Å². The fourth-order valence-corrected chi connectivity index (χ4v) is 5.29. The maximum atomic E-state index is 13.6. The summed E-state index contributed by atoms with van der Waals surface area (Å²) in [5.41, 5.74) is 2.81. The number of hydrogen-bond donors (Lipinski definition) is 2. The molecule has 0 aromatic carbocycles. The van der Waals surface area contributed by atoms with Crippen LogP contribution in [0.1, 0.15) is 37.8 Å². The molecule has 1 saturated carbocycles. The van der Waals surface area contributed by atoms with E-state index >= 15 is 0 Å². The van der Waals surface area contributed by atoms with Crippen molar-refractivity contribution in [1.82, 2.24) is 29.7 Å².